The van der Waals surface area contributed by atoms with Gasteiger partial charge in [0.1, 0.15) is 4.90 Å². The van der Waals surface area contributed by atoms with Gasteiger partial charge in [-0.25, -0.2) is 8.42 Å². The van der Waals surface area contributed by atoms with Crippen molar-refractivity contribution in [1.82, 2.24) is 14.8 Å². The second-order valence-corrected chi connectivity index (χ2v) is 5.99. The molecule has 0 aliphatic heterocycles. The minimum atomic E-state index is -3.68. The molecule has 2 aromatic rings. The van der Waals surface area contributed by atoms with Gasteiger partial charge in [-0.15, -0.1) is 0 Å². The van der Waals surface area contributed by atoms with Crippen LogP contribution in [0.25, 0.3) is 0 Å². The summed E-state index contributed by atoms with van der Waals surface area (Å²) in [4.78, 5) is 3.98. The van der Waals surface area contributed by atoms with Gasteiger partial charge in [-0.05, 0) is 25.0 Å². The van der Waals surface area contributed by atoms with Gasteiger partial charge >= 0.3 is 0 Å². The van der Waals surface area contributed by atoms with Gasteiger partial charge in [-0.1, -0.05) is 0 Å². The van der Waals surface area contributed by atoms with Crippen LogP contribution in [-0.4, -0.2) is 34.9 Å². The first-order valence-electron chi connectivity index (χ1n) is 6.09. The molecule has 2 heterocycles. The number of aliphatic hydroxyl groups is 1. The molecule has 0 saturated carbocycles. The molecule has 108 valence electrons. The van der Waals surface area contributed by atoms with Crippen molar-refractivity contribution in [2.24, 2.45) is 0 Å². The Hall–Kier alpha value is -1.93. The number of aliphatic hydroxyl groups excluding tert-OH is 1. The molecule has 0 spiro atoms. The molecule has 2 N–H and O–H groups in total. The third kappa shape index (κ3) is 3.34. The van der Waals surface area contributed by atoms with Crippen molar-refractivity contribution in [2.75, 3.05) is 11.3 Å². The molecule has 0 amide bonds. The van der Waals surface area contributed by atoms with E-state index in [1.54, 1.807) is 19.2 Å². The maximum atomic E-state index is 12.2. The minimum absolute atomic E-state index is 0.0368. The van der Waals surface area contributed by atoms with E-state index in [-0.39, 0.29) is 11.5 Å². The zero-order chi connectivity index (χ0) is 14.6. The van der Waals surface area contributed by atoms with E-state index in [1.807, 2.05) is 0 Å². The molecule has 0 unspecified atom stereocenters. The van der Waals surface area contributed by atoms with E-state index < -0.39 is 10.0 Å². The molecule has 20 heavy (non-hydrogen) atoms. The van der Waals surface area contributed by atoms with E-state index in [2.05, 4.69) is 14.8 Å². The lowest BCUT2D eigenvalue weighted by Crippen LogP contribution is -2.13. The molecule has 0 radical (unpaired) electrons. The summed E-state index contributed by atoms with van der Waals surface area (Å²) in [7, 11) is -3.68. The molecule has 0 fully saturated rings. The second kappa shape index (κ2) is 6.02. The van der Waals surface area contributed by atoms with Crippen molar-refractivity contribution in [3.8, 4) is 0 Å². The number of hydrogen-bond acceptors (Lipinski definition) is 5. The second-order valence-electron chi connectivity index (χ2n) is 4.31. The van der Waals surface area contributed by atoms with Crippen LogP contribution < -0.4 is 4.72 Å². The number of pyridine rings is 1. The predicted molar refractivity (Wildman–Crippen MR) is 73.7 cm³/mol. The van der Waals surface area contributed by atoms with E-state index in [1.165, 1.54) is 23.3 Å². The number of rotatable bonds is 6. The lowest BCUT2D eigenvalue weighted by Gasteiger charge is -2.07. The van der Waals surface area contributed by atoms with Crippen LogP contribution in [0.4, 0.5) is 5.69 Å². The summed E-state index contributed by atoms with van der Waals surface area (Å²) in [6, 6.07) is 1.72. The average Bonchev–Trinajstić information content (AvgIpc) is 2.88. The molecule has 2 rings (SSSR count). The Morgan fingerprint density at radius 3 is 2.90 bits per heavy atom. The molecule has 0 bridgehead atoms. The highest BCUT2D eigenvalue weighted by Gasteiger charge is 2.17. The fraction of sp³-hybridized carbons (Fsp3) is 0.333. The predicted octanol–water partition coefficient (Wildman–Crippen LogP) is 0.770. The zero-order valence-electron chi connectivity index (χ0n) is 11.0. The average molecular weight is 296 g/mol. The van der Waals surface area contributed by atoms with Crippen LogP contribution in [0.5, 0.6) is 0 Å². The molecular weight excluding hydrogens is 280 g/mol. The van der Waals surface area contributed by atoms with Gasteiger partial charge in [0.2, 0.25) is 0 Å². The van der Waals surface area contributed by atoms with Crippen molar-refractivity contribution in [3.05, 3.63) is 36.4 Å². The molecule has 0 atom stereocenters. The number of nitrogens with zero attached hydrogens (tertiary/aromatic N) is 3. The van der Waals surface area contributed by atoms with E-state index in [0.717, 1.165) is 5.56 Å². The lowest BCUT2D eigenvalue weighted by atomic mass is 10.3. The Labute approximate surface area is 117 Å². The van der Waals surface area contributed by atoms with Gasteiger partial charge in [0.05, 0.1) is 18.1 Å². The van der Waals surface area contributed by atoms with Crippen molar-refractivity contribution < 1.29 is 13.5 Å². The Kier molecular flexibility index (Phi) is 4.35. The number of anilines is 1. The molecule has 2 aromatic heterocycles. The highest BCUT2D eigenvalue weighted by Crippen LogP contribution is 2.17. The third-order valence-corrected chi connectivity index (χ3v) is 4.07. The number of sulfonamides is 1. The Balaban J connectivity index is 2.18. The van der Waals surface area contributed by atoms with Crippen molar-refractivity contribution in [1.29, 1.82) is 0 Å². The first kappa shape index (κ1) is 14.5. The van der Waals surface area contributed by atoms with Crippen LogP contribution in [0, 0.1) is 6.92 Å². The van der Waals surface area contributed by atoms with E-state index in [9.17, 15) is 8.42 Å². The summed E-state index contributed by atoms with van der Waals surface area (Å²) < 4.78 is 28.4. The highest BCUT2D eigenvalue weighted by molar-refractivity contribution is 7.92. The van der Waals surface area contributed by atoms with E-state index >= 15 is 0 Å². The van der Waals surface area contributed by atoms with Gasteiger partial charge in [-0.3, -0.25) is 14.4 Å². The maximum absolute atomic E-state index is 12.2. The number of aromatic nitrogens is 3. The zero-order valence-corrected chi connectivity index (χ0v) is 11.8. The molecule has 8 heteroatoms. The highest BCUT2D eigenvalue weighted by atomic mass is 32.2. The Morgan fingerprint density at radius 2 is 2.20 bits per heavy atom. The molecule has 0 saturated heterocycles. The van der Waals surface area contributed by atoms with E-state index in [0.29, 0.717) is 18.7 Å². The topological polar surface area (TPSA) is 97.1 Å². The van der Waals surface area contributed by atoms with Gasteiger partial charge < -0.3 is 5.11 Å². The Bertz CT molecular complexity index is 682. The molecule has 0 aliphatic rings. The van der Waals surface area contributed by atoms with Gasteiger partial charge in [0, 0.05) is 25.5 Å². The monoisotopic (exact) mass is 296 g/mol. The van der Waals surface area contributed by atoms with Gasteiger partial charge in [0.15, 0.2) is 0 Å². The van der Waals surface area contributed by atoms with Crippen LogP contribution in [0.1, 0.15) is 12.0 Å². The van der Waals surface area contributed by atoms with Crippen LogP contribution >= 0.6 is 0 Å². The summed E-state index contributed by atoms with van der Waals surface area (Å²) in [5.74, 6) is 0. The van der Waals surface area contributed by atoms with Crippen molar-refractivity contribution in [2.45, 2.75) is 24.8 Å². The summed E-state index contributed by atoms with van der Waals surface area (Å²) in [5, 5.41) is 12.7. The minimum Gasteiger partial charge on any atom is -0.396 e. The largest absolute Gasteiger partial charge is 0.396 e. The van der Waals surface area contributed by atoms with Crippen LogP contribution in [0.3, 0.4) is 0 Å². The van der Waals surface area contributed by atoms with Gasteiger partial charge in [0.25, 0.3) is 10.0 Å². The molecule has 7 nitrogen and oxygen atoms in total. The summed E-state index contributed by atoms with van der Waals surface area (Å²) in [6.07, 6.45) is 6.30. The van der Waals surface area contributed by atoms with Crippen LogP contribution in [-0.2, 0) is 16.6 Å². The molecule has 0 aromatic carbocycles. The summed E-state index contributed by atoms with van der Waals surface area (Å²) in [6.45, 7) is 2.30. The molecule has 0 aliphatic carbocycles. The standard InChI is InChI=1S/C12H16N4O3S/c1-10-3-4-13-8-12(10)15-20(18,19)11-7-14-16(9-11)5-2-6-17/h3-4,7-9,15,17H,2,5-6H2,1H3. The number of aryl methyl sites for hydroxylation is 2. The maximum Gasteiger partial charge on any atom is 0.265 e. The van der Waals surface area contributed by atoms with E-state index in [4.69, 9.17) is 5.11 Å². The summed E-state index contributed by atoms with van der Waals surface area (Å²) >= 11 is 0. The number of nitrogens with one attached hydrogen (secondary N) is 1. The normalized spacial score (nSPS) is 11.5. The quantitative estimate of drug-likeness (QED) is 0.820. The molecular formula is C12H16N4O3S. The van der Waals surface area contributed by atoms with Crippen LogP contribution in [0.2, 0.25) is 0 Å². The van der Waals surface area contributed by atoms with Crippen molar-refractivity contribution >= 4 is 15.7 Å². The fourth-order valence-corrected chi connectivity index (χ4v) is 2.68. The van der Waals surface area contributed by atoms with Gasteiger partial charge in [-0.2, -0.15) is 5.10 Å². The SMILES string of the molecule is Cc1ccncc1NS(=O)(=O)c1cnn(CCCO)c1. The fourth-order valence-electron chi connectivity index (χ4n) is 1.61. The summed E-state index contributed by atoms with van der Waals surface area (Å²) in [5.41, 5.74) is 1.23. The number of hydrogen-bond donors (Lipinski definition) is 2. The lowest BCUT2D eigenvalue weighted by molar-refractivity contribution is 0.277. The Morgan fingerprint density at radius 1 is 1.40 bits per heavy atom. The smallest absolute Gasteiger partial charge is 0.265 e. The first-order chi connectivity index (χ1) is 9.53. The third-order valence-electron chi connectivity index (χ3n) is 2.75. The first-order valence-corrected chi connectivity index (χ1v) is 7.58. The van der Waals surface area contributed by atoms with Crippen molar-refractivity contribution in [3.63, 3.8) is 0 Å². The van der Waals surface area contributed by atoms with Crippen LogP contribution in [0.15, 0.2) is 35.7 Å².